The minimum Gasteiger partial charge on any atom is -0.495 e. The van der Waals surface area contributed by atoms with Crippen LogP contribution in [0.25, 0.3) is 0 Å². The van der Waals surface area contributed by atoms with Crippen LogP contribution < -0.4 is 15.0 Å². The molecule has 0 aromatic heterocycles. The molecule has 1 aromatic rings. The summed E-state index contributed by atoms with van der Waals surface area (Å²) in [5, 5.41) is 3.94. The Hall–Kier alpha value is -1.20. The Morgan fingerprint density at radius 1 is 1.40 bits per heavy atom. The van der Waals surface area contributed by atoms with Crippen LogP contribution in [-0.4, -0.2) is 44.2 Å². The number of hydrogen-bond acceptors (Lipinski definition) is 4. The Morgan fingerprint density at radius 2 is 2.10 bits per heavy atom. The van der Waals surface area contributed by atoms with Crippen LogP contribution in [0.15, 0.2) is 24.3 Å². The van der Waals surface area contributed by atoms with Gasteiger partial charge in [0, 0.05) is 12.3 Å². The lowest BCUT2D eigenvalue weighted by atomic mass is 10.2. The van der Waals surface area contributed by atoms with Crippen molar-refractivity contribution in [1.82, 2.24) is 5.32 Å². The zero-order chi connectivity index (χ0) is 14.4. The van der Waals surface area contributed by atoms with Gasteiger partial charge in [0.1, 0.15) is 5.75 Å². The Labute approximate surface area is 124 Å². The molecule has 0 bridgehead atoms. The molecule has 0 spiro atoms. The number of nitrogens with one attached hydrogen (secondary N) is 1. The third-order valence-electron chi connectivity index (χ3n) is 3.55. The summed E-state index contributed by atoms with van der Waals surface area (Å²) >= 11 is 1.77. The molecule has 0 saturated carbocycles. The van der Waals surface area contributed by atoms with Crippen LogP contribution in [0, 0.1) is 0 Å². The molecule has 1 saturated heterocycles. The van der Waals surface area contributed by atoms with E-state index in [4.69, 9.17) is 4.74 Å². The highest BCUT2D eigenvalue weighted by molar-refractivity contribution is 8.00. The zero-order valence-corrected chi connectivity index (χ0v) is 12.9. The van der Waals surface area contributed by atoms with Gasteiger partial charge in [-0.05, 0) is 38.1 Å². The predicted molar refractivity (Wildman–Crippen MR) is 84.8 cm³/mol. The molecule has 20 heavy (non-hydrogen) atoms. The van der Waals surface area contributed by atoms with Crippen molar-refractivity contribution >= 4 is 23.4 Å². The molecule has 4 nitrogen and oxygen atoms in total. The van der Waals surface area contributed by atoms with E-state index >= 15 is 0 Å². The topological polar surface area (TPSA) is 41.6 Å². The molecule has 0 aliphatic carbocycles. The third kappa shape index (κ3) is 3.90. The molecule has 0 unspecified atom stereocenters. The Kier molecular flexibility index (Phi) is 5.73. The number of thioether (sulfide) groups is 1. The largest absolute Gasteiger partial charge is 0.495 e. The Balaban J connectivity index is 1.90. The summed E-state index contributed by atoms with van der Waals surface area (Å²) in [6.07, 6.45) is 2.30. The van der Waals surface area contributed by atoms with E-state index in [-0.39, 0.29) is 5.91 Å². The molecule has 1 aliphatic rings. The van der Waals surface area contributed by atoms with E-state index in [1.807, 2.05) is 31.3 Å². The maximum Gasteiger partial charge on any atom is 0.236 e. The Bertz CT molecular complexity index is 447. The van der Waals surface area contributed by atoms with Gasteiger partial charge in [-0.1, -0.05) is 12.1 Å². The molecule has 1 aromatic carbocycles. The SMILES string of the molecule is COc1ccccc1N(C)C(=O)CSC1CCNCC1. The quantitative estimate of drug-likeness (QED) is 0.903. The van der Waals surface area contributed by atoms with Gasteiger partial charge in [-0.3, -0.25) is 4.79 Å². The second-order valence-electron chi connectivity index (χ2n) is 4.88. The van der Waals surface area contributed by atoms with Crippen molar-refractivity contribution < 1.29 is 9.53 Å². The molecule has 1 heterocycles. The lowest BCUT2D eigenvalue weighted by Gasteiger charge is -2.24. The number of rotatable bonds is 5. The molecular weight excluding hydrogens is 272 g/mol. The fourth-order valence-corrected chi connectivity index (χ4v) is 3.43. The number of ether oxygens (including phenoxy) is 1. The first-order valence-electron chi connectivity index (χ1n) is 6.94. The Morgan fingerprint density at radius 3 is 2.80 bits per heavy atom. The fraction of sp³-hybridized carbons (Fsp3) is 0.533. The van der Waals surface area contributed by atoms with E-state index in [1.165, 1.54) is 0 Å². The minimum atomic E-state index is 0.123. The van der Waals surface area contributed by atoms with Gasteiger partial charge in [-0.15, -0.1) is 11.8 Å². The highest BCUT2D eigenvalue weighted by Gasteiger charge is 2.18. The first kappa shape index (κ1) is 15.2. The number of carbonyl (C=O) groups excluding carboxylic acids is 1. The number of nitrogens with zero attached hydrogens (tertiary/aromatic N) is 1. The van der Waals surface area contributed by atoms with E-state index in [0.29, 0.717) is 11.0 Å². The summed E-state index contributed by atoms with van der Waals surface area (Å²) < 4.78 is 5.30. The fourth-order valence-electron chi connectivity index (χ4n) is 2.29. The second-order valence-corrected chi connectivity index (χ2v) is 6.17. The molecule has 1 aliphatic heterocycles. The van der Waals surface area contributed by atoms with Crippen molar-refractivity contribution in [1.29, 1.82) is 0 Å². The molecule has 1 amide bonds. The van der Waals surface area contributed by atoms with Gasteiger partial charge in [0.15, 0.2) is 0 Å². The normalized spacial score (nSPS) is 15.9. The molecule has 0 radical (unpaired) electrons. The zero-order valence-electron chi connectivity index (χ0n) is 12.1. The van der Waals surface area contributed by atoms with Gasteiger partial charge in [0.05, 0.1) is 18.6 Å². The molecule has 110 valence electrons. The van der Waals surface area contributed by atoms with E-state index in [0.717, 1.165) is 37.4 Å². The standard InChI is InChI=1S/C15H22N2O2S/c1-17(13-5-3-4-6-14(13)19-2)15(18)11-20-12-7-9-16-10-8-12/h3-6,12,16H,7-11H2,1-2H3. The number of amides is 1. The summed E-state index contributed by atoms with van der Waals surface area (Å²) in [7, 11) is 3.43. The average molecular weight is 294 g/mol. The molecule has 5 heteroatoms. The molecule has 0 atom stereocenters. The van der Waals surface area contributed by atoms with Crippen LogP contribution in [0.2, 0.25) is 0 Å². The molecule has 2 rings (SSSR count). The molecule has 1 N–H and O–H groups in total. The number of para-hydroxylation sites is 2. The number of hydrogen-bond donors (Lipinski definition) is 1. The summed E-state index contributed by atoms with van der Waals surface area (Å²) in [4.78, 5) is 14.0. The molecule has 1 fully saturated rings. The average Bonchev–Trinajstić information content (AvgIpc) is 2.52. The van der Waals surface area contributed by atoms with Crippen LogP contribution in [-0.2, 0) is 4.79 Å². The van der Waals surface area contributed by atoms with Crippen LogP contribution in [0.1, 0.15) is 12.8 Å². The number of benzene rings is 1. The number of methoxy groups -OCH3 is 1. The number of piperidine rings is 1. The monoisotopic (exact) mass is 294 g/mol. The lowest BCUT2D eigenvalue weighted by Crippen LogP contribution is -2.32. The van der Waals surface area contributed by atoms with Crippen molar-refractivity contribution in [2.75, 3.05) is 37.9 Å². The summed E-state index contributed by atoms with van der Waals surface area (Å²) in [6, 6.07) is 7.61. The maximum atomic E-state index is 12.3. The van der Waals surface area contributed by atoms with Gasteiger partial charge in [0.25, 0.3) is 0 Å². The van der Waals surface area contributed by atoms with Crippen molar-refractivity contribution in [3.8, 4) is 5.75 Å². The minimum absolute atomic E-state index is 0.123. The summed E-state index contributed by atoms with van der Waals surface area (Å²) in [5.74, 6) is 1.38. The van der Waals surface area contributed by atoms with E-state index in [1.54, 1.807) is 23.8 Å². The van der Waals surface area contributed by atoms with E-state index in [2.05, 4.69) is 5.32 Å². The summed E-state index contributed by atoms with van der Waals surface area (Å²) in [5.41, 5.74) is 0.825. The maximum absolute atomic E-state index is 12.3. The number of carbonyl (C=O) groups is 1. The predicted octanol–water partition coefficient (Wildman–Crippen LogP) is 2.14. The first-order valence-corrected chi connectivity index (χ1v) is 7.99. The second kappa shape index (κ2) is 7.55. The third-order valence-corrected chi connectivity index (χ3v) is 4.91. The van der Waals surface area contributed by atoms with Crippen molar-refractivity contribution in [2.45, 2.75) is 18.1 Å². The van der Waals surface area contributed by atoms with Crippen molar-refractivity contribution in [3.63, 3.8) is 0 Å². The number of anilines is 1. The highest BCUT2D eigenvalue weighted by atomic mass is 32.2. The lowest BCUT2D eigenvalue weighted by molar-refractivity contribution is -0.115. The van der Waals surface area contributed by atoms with Crippen LogP contribution in [0.5, 0.6) is 5.75 Å². The van der Waals surface area contributed by atoms with Crippen LogP contribution >= 0.6 is 11.8 Å². The van der Waals surface area contributed by atoms with Gasteiger partial charge in [-0.25, -0.2) is 0 Å². The van der Waals surface area contributed by atoms with Crippen molar-refractivity contribution in [2.24, 2.45) is 0 Å². The van der Waals surface area contributed by atoms with Gasteiger partial charge in [0.2, 0.25) is 5.91 Å². The summed E-state index contributed by atoms with van der Waals surface area (Å²) in [6.45, 7) is 2.13. The van der Waals surface area contributed by atoms with Gasteiger partial charge >= 0.3 is 0 Å². The van der Waals surface area contributed by atoms with E-state index < -0.39 is 0 Å². The smallest absolute Gasteiger partial charge is 0.236 e. The van der Waals surface area contributed by atoms with Crippen LogP contribution in [0.3, 0.4) is 0 Å². The van der Waals surface area contributed by atoms with Crippen molar-refractivity contribution in [3.05, 3.63) is 24.3 Å². The highest BCUT2D eigenvalue weighted by Crippen LogP contribution is 2.28. The van der Waals surface area contributed by atoms with Gasteiger partial charge < -0.3 is 15.0 Å². The first-order chi connectivity index (χ1) is 9.72. The molecular formula is C15H22N2O2S. The van der Waals surface area contributed by atoms with E-state index in [9.17, 15) is 4.79 Å². The van der Waals surface area contributed by atoms with Crippen LogP contribution in [0.4, 0.5) is 5.69 Å². The van der Waals surface area contributed by atoms with Gasteiger partial charge in [-0.2, -0.15) is 0 Å².